The monoisotopic (exact) mass is 411 g/mol. The number of rotatable bonds is 6. The maximum atomic E-state index is 11.8. The molecule has 4 N–H and O–H groups in total. The molecule has 0 radical (unpaired) electrons. The molecule has 0 aliphatic rings. The summed E-state index contributed by atoms with van der Waals surface area (Å²) in [7, 11) is -3.70. The Bertz CT molecular complexity index is 808. The second-order valence-electron chi connectivity index (χ2n) is 5.18. The van der Waals surface area contributed by atoms with Crippen LogP contribution in [0, 0.1) is 0 Å². The molecule has 0 unspecified atom stereocenters. The van der Waals surface area contributed by atoms with Crippen LogP contribution < -0.4 is 15.8 Å². The van der Waals surface area contributed by atoms with E-state index in [9.17, 15) is 13.2 Å². The number of hydrogen-bond acceptors (Lipinski definition) is 3. The fourth-order valence-corrected chi connectivity index (χ4v) is 3.02. The van der Waals surface area contributed by atoms with Gasteiger partial charge in [0, 0.05) is 17.6 Å². The van der Waals surface area contributed by atoms with Crippen molar-refractivity contribution in [2.75, 3.05) is 6.54 Å². The molecule has 0 fully saturated rings. The summed E-state index contributed by atoms with van der Waals surface area (Å²) < 4.78 is 23.3. The second-order valence-corrected chi connectivity index (χ2v) is 7.66. The molecular formula is C16H18BrN3O3S. The van der Waals surface area contributed by atoms with E-state index in [2.05, 4.69) is 26.6 Å². The highest BCUT2D eigenvalue weighted by Crippen LogP contribution is 2.11. The molecule has 0 heterocycles. The highest BCUT2D eigenvalue weighted by molar-refractivity contribution is 9.10. The van der Waals surface area contributed by atoms with Crippen molar-refractivity contribution in [3.63, 3.8) is 0 Å². The zero-order valence-electron chi connectivity index (χ0n) is 12.8. The first kappa shape index (κ1) is 18.4. The molecule has 2 aromatic rings. The van der Waals surface area contributed by atoms with Crippen LogP contribution in [0.5, 0.6) is 0 Å². The fourth-order valence-electron chi connectivity index (χ4n) is 2.05. The lowest BCUT2D eigenvalue weighted by atomic mass is 10.1. The van der Waals surface area contributed by atoms with Gasteiger partial charge in [0.25, 0.3) is 0 Å². The summed E-state index contributed by atoms with van der Waals surface area (Å²) >= 11 is 3.41. The summed E-state index contributed by atoms with van der Waals surface area (Å²) in [6.07, 6.45) is 0.732. The lowest BCUT2D eigenvalue weighted by molar-refractivity contribution is 0.240. The van der Waals surface area contributed by atoms with Crippen molar-refractivity contribution in [1.29, 1.82) is 0 Å². The van der Waals surface area contributed by atoms with Crippen molar-refractivity contribution in [3.05, 3.63) is 64.1 Å². The molecule has 2 amide bonds. The first-order chi connectivity index (χ1) is 11.3. The van der Waals surface area contributed by atoms with Crippen molar-refractivity contribution in [1.82, 2.24) is 10.6 Å². The lowest BCUT2D eigenvalue weighted by Crippen LogP contribution is -2.36. The van der Waals surface area contributed by atoms with Crippen LogP contribution in [0.4, 0.5) is 4.79 Å². The number of carbonyl (C=O) groups excluding carboxylic acids is 1. The molecule has 0 saturated carbocycles. The van der Waals surface area contributed by atoms with Gasteiger partial charge in [-0.15, -0.1) is 0 Å². The number of nitrogens with one attached hydrogen (secondary N) is 2. The number of primary sulfonamides is 1. The van der Waals surface area contributed by atoms with E-state index in [1.54, 1.807) is 12.1 Å². The maximum absolute atomic E-state index is 11.8. The van der Waals surface area contributed by atoms with Crippen molar-refractivity contribution < 1.29 is 13.2 Å². The average molecular weight is 412 g/mol. The number of sulfonamides is 1. The van der Waals surface area contributed by atoms with Gasteiger partial charge in [0.2, 0.25) is 10.0 Å². The van der Waals surface area contributed by atoms with Crippen LogP contribution in [0.15, 0.2) is 57.9 Å². The molecule has 24 heavy (non-hydrogen) atoms. The van der Waals surface area contributed by atoms with E-state index in [0.717, 1.165) is 22.0 Å². The van der Waals surface area contributed by atoms with Gasteiger partial charge in [0.15, 0.2) is 0 Å². The Labute approximate surface area is 149 Å². The smallest absolute Gasteiger partial charge is 0.315 e. The Hall–Kier alpha value is -1.90. The number of amides is 2. The van der Waals surface area contributed by atoms with Gasteiger partial charge in [-0.05, 0) is 41.8 Å². The van der Waals surface area contributed by atoms with E-state index in [1.165, 1.54) is 12.1 Å². The predicted molar refractivity (Wildman–Crippen MR) is 95.9 cm³/mol. The van der Waals surface area contributed by atoms with Gasteiger partial charge in [-0.25, -0.2) is 18.4 Å². The quantitative estimate of drug-likeness (QED) is 0.678. The molecule has 0 saturated heterocycles. The fraction of sp³-hybridized carbons (Fsp3) is 0.188. The molecule has 6 nitrogen and oxygen atoms in total. The van der Waals surface area contributed by atoms with Crippen LogP contribution in [0.3, 0.4) is 0 Å². The van der Waals surface area contributed by atoms with E-state index in [0.29, 0.717) is 13.1 Å². The van der Waals surface area contributed by atoms with Gasteiger partial charge in [0.1, 0.15) is 0 Å². The van der Waals surface area contributed by atoms with Crippen molar-refractivity contribution in [2.45, 2.75) is 17.9 Å². The summed E-state index contributed by atoms with van der Waals surface area (Å²) in [5.41, 5.74) is 1.91. The lowest BCUT2D eigenvalue weighted by Gasteiger charge is -2.08. The van der Waals surface area contributed by atoms with Crippen LogP contribution in [0.1, 0.15) is 11.1 Å². The summed E-state index contributed by atoms with van der Waals surface area (Å²) in [4.78, 5) is 11.8. The van der Waals surface area contributed by atoms with Gasteiger partial charge < -0.3 is 10.6 Å². The van der Waals surface area contributed by atoms with Crippen LogP contribution in [-0.4, -0.2) is 21.0 Å². The Morgan fingerprint density at radius 3 is 2.38 bits per heavy atom. The van der Waals surface area contributed by atoms with Crippen molar-refractivity contribution in [3.8, 4) is 0 Å². The third kappa shape index (κ3) is 5.95. The Morgan fingerprint density at radius 1 is 1.04 bits per heavy atom. The number of urea groups is 1. The minimum atomic E-state index is -3.70. The van der Waals surface area contributed by atoms with Crippen LogP contribution >= 0.6 is 15.9 Å². The van der Waals surface area contributed by atoms with Crippen molar-refractivity contribution in [2.24, 2.45) is 5.14 Å². The molecule has 8 heteroatoms. The average Bonchev–Trinajstić information content (AvgIpc) is 2.52. The van der Waals surface area contributed by atoms with Crippen LogP contribution in [0.2, 0.25) is 0 Å². The minimum Gasteiger partial charge on any atom is -0.338 e. The first-order valence-corrected chi connectivity index (χ1v) is 9.56. The van der Waals surface area contributed by atoms with Gasteiger partial charge in [-0.1, -0.05) is 40.2 Å². The molecule has 0 aromatic heterocycles. The third-order valence-electron chi connectivity index (χ3n) is 3.29. The molecule has 128 valence electrons. The standard InChI is InChI=1S/C16H18BrN3O3S/c17-14-3-1-2-12(10-14)8-9-19-16(21)20-11-13-4-6-15(7-5-13)24(18,22)23/h1-7,10H,8-9,11H2,(H2,18,22,23)(H2,19,20,21). The normalized spacial score (nSPS) is 11.1. The summed E-state index contributed by atoms with van der Waals surface area (Å²) in [5.74, 6) is 0. The highest BCUT2D eigenvalue weighted by Gasteiger charge is 2.07. The largest absolute Gasteiger partial charge is 0.338 e. The van der Waals surface area contributed by atoms with Crippen LogP contribution in [0.25, 0.3) is 0 Å². The molecule has 2 aromatic carbocycles. The van der Waals surface area contributed by atoms with Gasteiger partial charge >= 0.3 is 6.03 Å². The van der Waals surface area contributed by atoms with Crippen molar-refractivity contribution >= 4 is 32.0 Å². The SMILES string of the molecule is NS(=O)(=O)c1ccc(CNC(=O)NCCc2cccc(Br)c2)cc1. The van der Waals surface area contributed by atoms with Gasteiger partial charge in [-0.3, -0.25) is 0 Å². The Balaban J connectivity index is 1.75. The number of nitrogens with two attached hydrogens (primary N) is 1. The molecule has 2 rings (SSSR count). The van der Waals surface area contributed by atoms with Gasteiger partial charge in [0.05, 0.1) is 4.90 Å². The minimum absolute atomic E-state index is 0.0460. The zero-order chi connectivity index (χ0) is 17.6. The topological polar surface area (TPSA) is 101 Å². The number of benzene rings is 2. The Kier molecular flexibility index (Phi) is 6.36. The number of carbonyl (C=O) groups is 1. The molecule has 0 spiro atoms. The maximum Gasteiger partial charge on any atom is 0.315 e. The molecule has 0 atom stereocenters. The second kappa shape index (κ2) is 8.27. The molecule has 0 aliphatic heterocycles. The van der Waals surface area contributed by atoms with E-state index < -0.39 is 10.0 Å². The predicted octanol–water partition coefficient (Wildman–Crippen LogP) is 2.14. The molecular weight excluding hydrogens is 394 g/mol. The first-order valence-electron chi connectivity index (χ1n) is 7.22. The number of hydrogen-bond donors (Lipinski definition) is 3. The van der Waals surface area contributed by atoms with Gasteiger partial charge in [-0.2, -0.15) is 0 Å². The van der Waals surface area contributed by atoms with E-state index in [-0.39, 0.29) is 10.9 Å². The van der Waals surface area contributed by atoms with E-state index in [4.69, 9.17) is 5.14 Å². The molecule has 0 bridgehead atoms. The summed E-state index contributed by atoms with van der Waals surface area (Å²) in [5, 5.41) is 10.5. The molecule has 0 aliphatic carbocycles. The zero-order valence-corrected chi connectivity index (χ0v) is 15.2. The Morgan fingerprint density at radius 2 is 1.75 bits per heavy atom. The summed E-state index contributed by atoms with van der Waals surface area (Å²) in [6, 6.07) is 13.7. The van der Waals surface area contributed by atoms with E-state index >= 15 is 0 Å². The highest BCUT2D eigenvalue weighted by atomic mass is 79.9. The van der Waals surface area contributed by atoms with Crippen LogP contribution in [-0.2, 0) is 23.0 Å². The number of halogens is 1. The summed E-state index contributed by atoms with van der Waals surface area (Å²) in [6.45, 7) is 0.820. The van der Waals surface area contributed by atoms with E-state index in [1.807, 2.05) is 24.3 Å². The third-order valence-corrected chi connectivity index (χ3v) is 4.72.